The number of nitrogens with zero attached hydrogens (tertiary/aromatic N) is 2. The van der Waals surface area contributed by atoms with E-state index in [0.717, 1.165) is 39.1 Å². The minimum absolute atomic E-state index is 0.903. The van der Waals surface area contributed by atoms with Gasteiger partial charge in [-0.3, -0.25) is 4.90 Å². The lowest BCUT2D eigenvalue weighted by atomic mass is 10.1. The van der Waals surface area contributed by atoms with Crippen LogP contribution in [0, 0.1) is 11.8 Å². The van der Waals surface area contributed by atoms with Gasteiger partial charge in [-0.1, -0.05) is 31.8 Å². The molecule has 15 heavy (non-hydrogen) atoms. The molecule has 0 bridgehead atoms. The first-order valence-electron chi connectivity index (χ1n) is 5.85. The molecule has 1 rings (SSSR count). The lowest BCUT2D eigenvalue weighted by Crippen LogP contribution is -2.24. The van der Waals surface area contributed by atoms with Crippen LogP contribution in [0.5, 0.6) is 0 Å². The molecule has 0 radical (unpaired) electrons. The molecule has 84 valence electrons. The molecule has 0 aromatic rings. The van der Waals surface area contributed by atoms with E-state index in [1.807, 2.05) is 0 Å². The molecule has 0 unspecified atom stereocenters. The molecular formula is C13H22N2. The van der Waals surface area contributed by atoms with E-state index in [2.05, 4.69) is 48.6 Å². The summed E-state index contributed by atoms with van der Waals surface area (Å²) >= 11 is 0. The van der Waals surface area contributed by atoms with Crippen molar-refractivity contribution in [3.05, 3.63) is 11.6 Å². The maximum atomic E-state index is 3.28. The molecule has 0 aromatic heterocycles. The third kappa shape index (κ3) is 4.51. The first kappa shape index (κ1) is 12.3. The Morgan fingerprint density at radius 3 is 2.67 bits per heavy atom. The van der Waals surface area contributed by atoms with E-state index in [1.54, 1.807) is 0 Å². The first-order chi connectivity index (χ1) is 7.26. The smallest absolute Gasteiger partial charge is 0.0605 e. The average Bonchev–Trinajstić information content (AvgIpc) is 2.27. The molecule has 0 aromatic carbocycles. The maximum Gasteiger partial charge on any atom is 0.0605 e. The molecule has 0 amide bonds. The van der Waals surface area contributed by atoms with Gasteiger partial charge in [-0.05, 0) is 26.6 Å². The minimum atomic E-state index is 0.903. The van der Waals surface area contributed by atoms with Crippen molar-refractivity contribution < 1.29 is 0 Å². The molecule has 0 N–H and O–H groups in total. The van der Waals surface area contributed by atoms with Crippen LogP contribution in [-0.2, 0) is 0 Å². The van der Waals surface area contributed by atoms with Gasteiger partial charge >= 0.3 is 0 Å². The number of hydrogen-bond acceptors (Lipinski definition) is 2. The van der Waals surface area contributed by atoms with Gasteiger partial charge in [0, 0.05) is 18.7 Å². The van der Waals surface area contributed by atoms with Gasteiger partial charge in [-0.2, -0.15) is 0 Å². The molecule has 0 fully saturated rings. The van der Waals surface area contributed by atoms with Crippen LogP contribution in [0.25, 0.3) is 0 Å². The van der Waals surface area contributed by atoms with Gasteiger partial charge in [-0.15, -0.1) is 0 Å². The number of rotatable bonds is 3. The molecule has 0 spiro atoms. The van der Waals surface area contributed by atoms with Crippen LogP contribution in [0.15, 0.2) is 11.6 Å². The van der Waals surface area contributed by atoms with Gasteiger partial charge in [0.2, 0.25) is 0 Å². The van der Waals surface area contributed by atoms with E-state index in [-0.39, 0.29) is 0 Å². The van der Waals surface area contributed by atoms with Crippen molar-refractivity contribution in [1.29, 1.82) is 0 Å². The molecule has 2 nitrogen and oxygen atoms in total. The average molecular weight is 206 g/mol. The van der Waals surface area contributed by atoms with Crippen LogP contribution in [0.3, 0.4) is 0 Å². The second kappa shape index (κ2) is 6.66. The monoisotopic (exact) mass is 206 g/mol. The first-order valence-corrected chi connectivity index (χ1v) is 5.85. The lowest BCUT2D eigenvalue weighted by Gasteiger charge is -2.19. The molecule has 2 heteroatoms. The SMILES string of the molecule is CCN(CC)CC#CC1=CCN(C)CC1. The van der Waals surface area contributed by atoms with Gasteiger partial charge in [-0.25, -0.2) is 0 Å². The molecule has 0 aliphatic carbocycles. The third-order valence-corrected chi connectivity index (χ3v) is 2.86. The van der Waals surface area contributed by atoms with Crippen molar-refractivity contribution in [1.82, 2.24) is 9.80 Å². The molecule has 1 aliphatic rings. The second-order valence-corrected chi connectivity index (χ2v) is 4.00. The second-order valence-electron chi connectivity index (χ2n) is 4.00. The van der Waals surface area contributed by atoms with Crippen LogP contribution in [0.1, 0.15) is 20.3 Å². The summed E-state index contributed by atoms with van der Waals surface area (Å²) in [6.07, 6.45) is 3.36. The molecule has 1 heterocycles. The molecule has 0 atom stereocenters. The lowest BCUT2D eigenvalue weighted by molar-refractivity contribution is 0.342. The number of likely N-dealkylation sites (N-methyl/N-ethyl adjacent to an activating group) is 1. The summed E-state index contributed by atoms with van der Waals surface area (Å²) in [5.41, 5.74) is 1.32. The Morgan fingerprint density at radius 1 is 1.40 bits per heavy atom. The Bertz CT molecular complexity index is 266. The molecule has 0 saturated heterocycles. The van der Waals surface area contributed by atoms with Crippen molar-refractivity contribution in [2.75, 3.05) is 39.8 Å². The van der Waals surface area contributed by atoms with Crippen molar-refractivity contribution in [3.8, 4) is 11.8 Å². The van der Waals surface area contributed by atoms with E-state index in [0.29, 0.717) is 0 Å². The zero-order valence-corrected chi connectivity index (χ0v) is 10.2. The van der Waals surface area contributed by atoms with E-state index in [4.69, 9.17) is 0 Å². The van der Waals surface area contributed by atoms with E-state index in [1.165, 1.54) is 5.57 Å². The van der Waals surface area contributed by atoms with Gasteiger partial charge in [0.15, 0.2) is 0 Å². The zero-order chi connectivity index (χ0) is 11.1. The van der Waals surface area contributed by atoms with Crippen molar-refractivity contribution in [2.24, 2.45) is 0 Å². The maximum absolute atomic E-state index is 3.28. The Hall–Kier alpha value is -0.780. The van der Waals surface area contributed by atoms with Crippen LogP contribution < -0.4 is 0 Å². The van der Waals surface area contributed by atoms with Gasteiger partial charge in [0.1, 0.15) is 0 Å². The summed E-state index contributed by atoms with van der Waals surface area (Å²) in [5, 5.41) is 0. The normalized spacial score (nSPS) is 17.2. The Morgan fingerprint density at radius 2 is 2.13 bits per heavy atom. The topological polar surface area (TPSA) is 6.48 Å². The predicted molar refractivity (Wildman–Crippen MR) is 65.8 cm³/mol. The Balaban J connectivity index is 2.37. The van der Waals surface area contributed by atoms with Gasteiger partial charge in [0.05, 0.1) is 6.54 Å². The summed E-state index contributed by atoms with van der Waals surface area (Å²) < 4.78 is 0. The van der Waals surface area contributed by atoms with Crippen LogP contribution in [0.2, 0.25) is 0 Å². The summed E-state index contributed by atoms with van der Waals surface area (Å²) in [6.45, 7) is 9.64. The number of hydrogen-bond donors (Lipinski definition) is 0. The van der Waals surface area contributed by atoms with E-state index >= 15 is 0 Å². The van der Waals surface area contributed by atoms with Gasteiger partial charge < -0.3 is 4.90 Å². The summed E-state index contributed by atoms with van der Waals surface area (Å²) in [4.78, 5) is 4.65. The fraction of sp³-hybridized carbons (Fsp3) is 0.692. The predicted octanol–water partition coefficient (Wildman–Crippen LogP) is 1.59. The van der Waals surface area contributed by atoms with Crippen LogP contribution in [0.4, 0.5) is 0 Å². The quantitative estimate of drug-likeness (QED) is 0.647. The highest BCUT2D eigenvalue weighted by atomic mass is 15.1. The highest BCUT2D eigenvalue weighted by molar-refractivity contribution is 5.30. The summed E-state index contributed by atoms with van der Waals surface area (Å²) in [5.74, 6) is 6.55. The minimum Gasteiger partial charge on any atom is -0.302 e. The van der Waals surface area contributed by atoms with Crippen LogP contribution >= 0.6 is 0 Å². The molecular weight excluding hydrogens is 184 g/mol. The zero-order valence-electron chi connectivity index (χ0n) is 10.2. The standard InChI is InChI=1S/C13H22N2/c1-4-15(5-2)10-6-7-13-8-11-14(3)12-9-13/h8H,4-5,9-12H2,1-3H3. The highest BCUT2D eigenvalue weighted by Gasteiger charge is 2.04. The van der Waals surface area contributed by atoms with E-state index < -0.39 is 0 Å². The Kier molecular flexibility index (Phi) is 5.45. The van der Waals surface area contributed by atoms with Gasteiger partial charge in [0.25, 0.3) is 0 Å². The highest BCUT2D eigenvalue weighted by Crippen LogP contribution is 2.07. The van der Waals surface area contributed by atoms with Crippen molar-refractivity contribution >= 4 is 0 Å². The van der Waals surface area contributed by atoms with Crippen molar-refractivity contribution in [2.45, 2.75) is 20.3 Å². The van der Waals surface area contributed by atoms with Crippen LogP contribution in [-0.4, -0.2) is 49.6 Å². The van der Waals surface area contributed by atoms with E-state index in [9.17, 15) is 0 Å². The molecule has 1 aliphatic heterocycles. The Labute approximate surface area is 93.9 Å². The summed E-state index contributed by atoms with van der Waals surface area (Å²) in [7, 11) is 2.15. The summed E-state index contributed by atoms with van der Waals surface area (Å²) in [6, 6.07) is 0. The fourth-order valence-electron chi connectivity index (χ4n) is 1.60. The molecule has 0 saturated carbocycles. The van der Waals surface area contributed by atoms with Crippen molar-refractivity contribution in [3.63, 3.8) is 0 Å². The largest absolute Gasteiger partial charge is 0.302 e. The third-order valence-electron chi connectivity index (χ3n) is 2.86. The fourth-order valence-corrected chi connectivity index (χ4v) is 1.60.